The van der Waals surface area contributed by atoms with E-state index in [1.54, 1.807) is 21.1 Å². The first-order chi connectivity index (χ1) is 15.9. The summed E-state index contributed by atoms with van der Waals surface area (Å²) in [6.07, 6.45) is 9.66. The minimum absolute atomic E-state index is 0. The van der Waals surface area contributed by atoms with Gasteiger partial charge in [-0.15, -0.1) is 0 Å². The fourth-order valence-corrected chi connectivity index (χ4v) is 15.6. The van der Waals surface area contributed by atoms with E-state index < -0.39 is 8.07 Å². The van der Waals surface area contributed by atoms with Crippen LogP contribution in [-0.4, -0.2) is 8.07 Å². The Morgan fingerprint density at radius 2 is 1.19 bits per heavy atom. The first kappa shape index (κ1) is 31.2. The van der Waals surface area contributed by atoms with Crippen molar-refractivity contribution in [2.24, 2.45) is 11.8 Å². The van der Waals surface area contributed by atoms with E-state index in [1.165, 1.54) is 29.5 Å². The van der Waals surface area contributed by atoms with Gasteiger partial charge < -0.3 is 37.2 Å². The summed E-state index contributed by atoms with van der Waals surface area (Å²) in [5.74, 6) is 1.28. The van der Waals surface area contributed by atoms with Crippen LogP contribution in [-0.2, 0) is 20.4 Å². The van der Waals surface area contributed by atoms with Gasteiger partial charge in [0.1, 0.15) is 0 Å². The number of hydrogen-bond donors (Lipinski definition) is 0. The maximum atomic E-state index is 2.63. The minimum atomic E-state index is -2.48. The van der Waals surface area contributed by atoms with E-state index in [0.717, 1.165) is 0 Å². The molecular formula is C31H33Cl3SiTi. The first-order valence-corrected chi connectivity index (χ1v) is 15.0. The first-order valence-electron chi connectivity index (χ1n) is 12.2. The van der Waals surface area contributed by atoms with Crippen LogP contribution >= 0.6 is 0 Å². The second-order valence-corrected chi connectivity index (χ2v) is 16.3. The molecule has 0 aliphatic heterocycles. The van der Waals surface area contributed by atoms with E-state index in [2.05, 4.69) is 139 Å². The van der Waals surface area contributed by atoms with Crippen molar-refractivity contribution in [2.75, 3.05) is 0 Å². The largest absolute Gasteiger partial charge is 1.00 e. The normalized spacial score (nSPS) is 22.4. The zero-order valence-corrected chi connectivity index (χ0v) is 26.2. The van der Waals surface area contributed by atoms with Crippen LogP contribution in [0.2, 0.25) is 3.34 Å². The maximum Gasteiger partial charge on any atom is -1.00 e. The Morgan fingerprint density at radius 3 is 1.61 bits per heavy atom. The molecule has 0 bridgehead atoms. The number of hydrogen-bond acceptors (Lipinski definition) is 0. The van der Waals surface area contributed by atoms with Crippen LogP contribution in [0.5, 0.6) is 0 Å². The maximum absolute atomic E-state index is 2.63. The summed E-state index contributed by atoms with van der Waals surface area (Å²) in [5.41, 5.74) is 5.75. The molecule has 0 heterocycles. The van der Waals surface area contributed by atoms with Gasteiger partial charge in [-0.2, -0.15) is 0 Å². The summed E-state index contributed by atoms with van der Waals surface area (Å²) in [5, 5.41) is 4.64. The Morgan fingerprint density at radius 1 is 0.750 bits per heavy atom. The predicted octanol–water partition coefficient (Wildman–Crippen LogP) is -3.12. The zero-order valence-electron chi connectivity index (χ0n) is 21.4. The van der Waals surface area contributed by atoms with Crippen LogP contribution in [0.25, 0.3) is 0 Å². The molecule has 1 fully saturated rings. The second kappa shape index (κ2) is 12.2. The molecule has 3 aromatic carbocycles. The molecule has 36 heavy (non-hydrogen) atoms. The molecule has 3 atom stereocenters. The van der Waals surface area contributed by atoms with Crippen LogP contribution in [0, 0.1) is 32.6 Å². The fourth-order valence-electron chi connectivity index (χ4n) is 6.65. The Labute approximate surface area is 248 Å². The van der Waals surface area contributed by atoms with Gasteiger partial charge in [-0.25, -0.2) is 0 Å². The Kier molecular flexibility index (Phi) is 10.6. The molecule has 186 valence electrons. The quantitative estimate of drug-likeness (QED) is 0.224. The van der Waals surface area contributed by atoms with E-state index in [9.17, 15) is 0 Å². The van der Waals surface area contributed by atoms with E-state index in [4.69, 9.17) is 0 Å². The molecule has 2 aliphatic rings. The van der Waals surface area contributed by atoms with Crippen molar-refractivity contribution in [2.45, 2.75) is 43.9 Å². The number of benzene rings is 3. The summed E-state index contributed by atoms with van der Waals surface area (Å²) in [6.45, 7) is 9.28. The van der Waals surface area contributed by atoms with Crippen molar-refractivity contribution in [3.8, 4) is 0 Å². The number of halogens is 3. The van der Waals surface area contributed by atoms with E-state index >= 15 is 0 Å². The minimum Gasteiger partial charge on any atom is -1.00 e. The second-order valence-electron chi connectivity index (χ2n) is 10.3. The van der Waals surface area contributed by atoms with Crippen molar-refractivity contribution < 1.29 is 57.7 Å². The molecule has 5 heteroatoms. The summed E-state index contributed by atoms with van der Waals surface area (Å²) in [4.78, 5) is 0. The zero-order chi connectivity index (χ0) is 23.2. The summed E-state index contributed by atoms with van der Waals surface area (Å²) in [7, 11) is -2.48. The van der Waals surface area contributed by atoms with Crippen molar-refractivity contribution in [1.29, 1.82) is 0 Å². The molecule has 3 unspecified atom stereocenters. The van der Waals surface area contributed by atoms with Crippen LogP contribution in [0.4, 0.5) is 0 Å². The van der Waals surface area contributed by atoms with Gasteiger partial charge in [0, 0.05) is 0 Å². The molecule has 0 aromatic heterocycles. The predicted molar refractivity (Wildman–Crippen MR) is 140 cm³/mol. The third-order valence-electron chi connectivity index (χ3n) is 8.05. The van der Waals surface area contributed by atoms with Gasteiger partial charge in [0.2, 0.25) is 0 Å². The average Bonchev–Trinajstić information content (AvgIpc) is 3.06. The third-order valence-corrected chi connectivity index (χ3v) is 16.5. The van der Waals surface area contributed by atoms with Gasteiger partial charge in [-0.3, -0.25) is 0 Å². The topological polar surface area (TPSA) is 0 Å². The van der Waals surface area contributed by atoms with E-state index in [-0.39, 0.29) is 40.6 Å². The molecule has 3 aromatic rings. The van der Waals surface area contributed by atoms with E-state index in [1.807, 2.05) is 0 Å². The summed E-state index contributed by atoms with van der Waals surface area (Å²) in [6, 6.07) is 28.4. The van der Waals surface area contributed by atoms with Crippen molar-refractivity contribution in [3.63, 3.8) is 0 Å². The smallest absolute Gasteiger partial charge is 1.00 e. The number of aryl methyl sites for hydroxylation is 3. The van der Waals surface area contributed by atoms with Crippen LogP contribution in [0.1, 0.15) is 36.5 Å². The number of fused-ring (bicyclic) bond motifs is 1. The monoisotopic (exact) mass is 586 g/mol. The molecule has 0 spiro atoms. The number of allylic oxidation sites excluding steroid dienone is 4. The van der Waals surface area contributed by atoms with Gasteiger partial charge in [-0.05, 0) is 0 Å². The van der Waals surface area contributed by atoms with Gasteiger partial charge in [0.05, 0.1) is 0 Å². The molecule has 0 N–H and O–H groups in total. The van der Waals surface area contributed by atoms with Gasteiger partial charge >= 0.3 is 213 Å². The van der Waals surface area contributed by atoms with Gasteiger partial charge in [0.15, 0.2) is 0 Å². The Bertz CT molecular complexity index is 1160. The van der Waals surface area contributed by atoms with Crippen molar-refractivity contribution in [1.82, 2.24) is 0 Å². The van der Waals surface area contributed by atoms with Gasteiger partial charge in [0.25, 0.3) is 0 Å². The summed E-state index contributed by atoms with van der Waals surface area (Å²) < 4.78 is 0.0950. The van der Waals surface area contributed by atoms with Crippen molar-refractivity contribution >= 4 is 23.6 Å². The molecule has 0 saturated heterocycles. The van der Waals surface area contributed by atoms with E-state index in [0.29, 0.717) is 11.8 Å². The van der Waals surface area contributed by atoms with Gasteiger partial charge in [-0.1, -0.05) is 0 Å². The molecule has 0 nitrogen and oxygen atoms in total. The van der Waals surface area contributed by atoms with Crippen molar-refractivity contribution in [3.05, 3.63) is 113 Å². The fraction of sp³-hybridized carbons (Fsp3) is 0.290. The average molecular weight is 588 g/mol. The molecule has 2 aliphatic carbocycles. The Hall–Kier alpha value is -1.06. The molecule has 0 radical (unpaired) electrons. The molecule has 5 rings (SSSR count). The SMILES string of the molecule is Cc1cccc([Si](c2cccc(C)c2)(c2cccc(C)c2)[C]2([Ti+3])C3=CC=CCC3CC2C)c1.[Cl-].[Cl-].[Cl-]. The molecule has 1 saturated carbocycles. The van der Waals surface area contributed by atoms with Crippen LogP contribution in [0.15, 0.2) is 96.6 Å². The Balaban J connectivity index is 0.00000152. The molecular weight excluding hydrogens is 555 g/mol. The molecule has 0 amide bonds. The summed E-state index contributed by atoms with van der Waals surface area (Å²) >= 11 is 2.63. The van der Waals surface area contributed by atoms with Crippen LogP contribution < -0.4 is 52.8 Å². The number of rotatable bonds is 4. The standard InChI is InChI=1S/C31H33Si.3ClH.Ti/c1-22-10-7-14-27(18-22)32(28-15-8-11-23(2)19-28,29-16-9-12-24(3)20-29)31-25(4)21-26-13-5-6-17-30(26)31;;;;/h5-12,14-20,25-26H,13,21H2,1-4H3;3*1H;/q;;;;+3/p-3. The van der Waals surface area contributed by atoms with Crippen LogP contribution in [0.3, 0.4) is 0 Å². The third kappa shape index (κ3) is 4.89.